The molecule has 1 aromatic carbocycles. The van der Waals surface area contributed by atoms with E-state index in [-0.39, 0.29) is 18.1 Å². The number of nitrogens with zero attached hydrogens (tertiary/aromatic N) is 2. The largest absolute Gasteiger partial charge is 0.488 e. The molecule has 0 saturated heterocycles. The van der Waals surface area contributed by atoms with E-state index in [1.165, 1.54) is 0 Å². The first-order valence-electron chi connectivity index (χ1n) is 6.42. The number of hydrogen-bond acceptors (Lipinski definition) is 6. The Bertz CT molecular complexity index is 617. The Morgan fingerprint density at radius 3 is 2.67 bits per heavy atom. The van der Waals surface area contributed by atoms with Gasteiger partial charge in [0.15, 0.2) is 5.75 Å². The number of carboxylic acids is 1. The summed E-state index contributed by atoms with van der Waals surface area (Å²) in [6, 6.07) is 7.08. The third-order valence-corrected chi connectivity index (χ3v) is 2.73. The van der Waals surface area contributed by atoms with E-state index in [0.29, 0.717) is 30.7 Å². The van der Waals surface area contributed by atoms with Crippen LogP contribution in [0.2, 0.25) is 0 Å². The van der Waals surface area contributed by atoms with Gasteiger partial charge in [-0.2, -0.15) is 0 Å². The van der Waals surface area contributed by atoms with Gasteiger partial charge in [-0.15, -0.1) is 10.2 Å². The van der Waals surface area contributed by atoms with Gasteiger partial charge in [0.25, 0.3) is 0 Å². The summed E-state index contributed by atoms with van der Waals surface area (Å²) in [5.74, 6) is -0.966. The van der Waals surface area contributed by atoms with Crippen LogP contribution in [0.15, 0.2) is 24.3 Å². The van der Waals surface area contributed by atoms with Crippen molar-refractivity contribution < 1.29 is 24.1 Å². The topological polar surface area (TPSA) is 90.8 Å². The Kier molecular flexibility index (Phi) is 5.42. The van der Waals surface area contributed by atoms with Crippen molar-refractivity contribution in [2.45, 2.75) is 0 Å². The van der Waals surface area contributed by atoms with Crippen molar-refractivity contribution in [2.75, 3.05) is 33.5 Å². The van der Waals surface area contributed by atoms with Gasteiger partial charge in [0.2, 0.25) is 5.69 Å². The molecular weight excluding hydrogens is 276 g/mol. The summed E-state index contributed by atoms with van der Waals surface area (Å²) in [6.45, 7) is 1.51. The maximum Gasteiger partial charge on any atom is 0.360 e. The van der Waals surface area contributed by atoms with E-state index in [1.807, 2.05) is 0 Å². The van der Waals surface area contributed by atoms with Gasteiger partial charge >= 0.3 is 5.97 Å². The molecule has 1 N–H and O–H groups in total. The summed E-state index contributed by atoms with van der Waals surface area (Å²) in [5.41, 5.74) is 0.378. The molecule has 2 rings (SSSR count). The van der Waals surface area contributed by atoms with E-state index in [0.717, 1.165) is 0 Å². The molecule has 0 saturated carbocycles. The van der Waals surface area contributed by atoms with E-state index in [9.17, 15) is 4.79 Å². The van der Waals surface area contributed by atoms with Crippen LogP contribution >= 0.6 is 0 Å². The van der Waals surface area contributed by atoms with Crippen LogP contribution in [0.3, 0.4) is 0 Å². The van der Waals surface area contributed by atoms with E-state index >= 15 is 0 Å². The molecule has 112 valence electrons. The molecule has 0 unspecified atom stereocenters. The van der Waals surface area contributed by atoms with Gasteiger partial charge in [-0.05, 0) is 12.1 Å². The Morgan fingerprint density at radius 1 is 1.14 bits per heavy atom. The third kappa shape index (κ3) is 3.87. The number of aromatic nitrogens is 2. The van der Waals surface area contributed by atoms with Crippen LogP contribution in [0.5, 0.6) is 5.75 Å². The molecule has 1 heterocycles. The Labute approximate surface area is 121 Å². The number of aromatic carboxylic acids is 1. The van der Waals surface area contributed by atoms with Crippen molar-refractivity contribution in [3.63, 3.8) is 0 Å². The van der Waals surface area contributed by atoms with Gasteiger partial charge in [0, 0.05) is 12.5 Å². The minimum Gasteiger partial charge on any atom is -0.488 e. The van der Waals surface area contributed by atoms with Crippen LogP contribution < -0.4 is 4.74 Å². The number of carboxylic acid groups (broad SMARTS) is 1. The molecule has 0 aliphatic rings. The van der Waals surface area contributed by atoms with E-state index in [4.69, 9.17) is 19.3 Å². The third-order valence-electron chi connectivity index (χ3n) is 2.73. The zero-order valence-electron chi connectivity index (χ0n) is 11.6. The Hall–Kier alpha value is -2.25. The average Bonchev–Trinajstić information content (AvgIpc) is 2.50. The van der Waals surface area contributed by atoms with Crippen LogP contribution in [0, 0.1) is 0 Å². The van der Waals surface area contributed by atoms with Crippen LogP contribution in [0.4, 0.5) is 0 Å². The highest BCUT2D eigenvalue weighted by Gasteiger charge is 2.17. The molecule has 1 aromatic heterocycles. The first kappa shape index (κ1) is 15.1. The normalized spacial score (nSPS) is 10.7. The predicted molar refractivity (Wildman–Crippen MR) is 74.7 cm³/mol. The highest BCUT2D eigenvalue weighted by Crippen LogP contribution is 2.26. The second kappa shape index (κ2) is 7.51. The number of methoxy groups -OCH3 is 1. The minimum absolute atomic E-state index is 0.203. The van der Waals surface area contributed by atoms with Gasteiger partial charge in [0.1, 0.15) is 6.61 Å². The lowest BCUT2D eigenvalue weighted by molar-refractivity contribution is 0.0535. The Morgan fingerprint density at radius 2 is 1.90 bits per heavy atom. The summed E-state index contributed by atoms with van der Waals surface area (Å²) in [6.07, 6.45) is 0. The van der Waals surface area contributed by atoms with Gasteiger partial charge in [-0.1, -0.05) is 12.1 Å². The highest BCUT2D eigenvalue weighted by atomic mass is 16.5. The first-order chi connectivity index (χ1) is 10.2. The quantitative estimate of drug-likeness (QED) is 0.735. The fourth-order valence-corrected chi connectivity index (χ4v) is 1.76. The predicted octanol–water partition coefficient (Wildman–Crippen LogP) is 1.37. The molecule has 0 bridgehead atoms. The molecule has 0 atom stereocenters. The number of carbonyl (C=O) groups is 1. The SMILES string of the molecule is COCCOCCOc1c(C(=O)O)nnc2ccccc12. The van der Waals surface area contributed by atoms with Crippen LogP contribution in [-0.2, 0) is 9.47 Å². The standard InChI is InChI=1S/C14H16N2O5/c1-19-6-7-20-8-9-21-13-10-4-2-3-5-11(10)15-16-12(13)14(17)18/h2-5H,6-9H2,1H3,(H,17,18). The molecule has 0 fully saturated rings. The van der Waals surface area contributed by atoms with Gasteiger partial charge < -0.3 is 19.3 Å². The molecule has 0 radical (unpaired) electrons. The Balaban J connectivity index is 2.12. The fraction of sp³-hybridized carbons (Fsp3) is 0.357. The molecule has 21 heavy (non-hydrogen) atoms. The molecule has 0 aliphatic heterocycles. The second-order valence-electron chi connectivity index (χ2n) is 4.15. The monoisotopic (exact) mass is 292 g/mol. The number of hydrogen-bond donors (Lipinski definition) is 1. The van der Waals surface area contributed by atoms with E-state index < -0.39 is 5.97 Å². The summed E-state index contributed by atoms with van der Waals surface area (Å²) in [4.78, 5) is 11.2. The van der Waals surface area contributed by atoms with Crippen molar-refractivity contribution >= 4 is 16.9 Å². The summed E-state index contributed by atoms with van der Waals surface area (Å²) < 4.78 is 15.7. The fourth-order valence-electron chi connectivity index (χ4n) is 1.76. The van der Waals surface area contributed by atoms with Crippen LogP contribution in [0.1, 0.15) is 10.5 Å². The van der Waals surface area contributed by atoms with Gasteiger partial charge in [0.05, 0.1) is 25.3 Å². The average molecular weight is 292 g/mol. The van der Waals surface area contributed by atoms with E-state index in [2.05, 4.69) is 10.2 Å². The lowest BCUT2D eigenvalue weighted by Gasteiger charge is -2.11. The van der Waals surface area contributed by atoms with E-state index in [1.54, 1.807) is 31.4 Å². The van der Waals surface area contributed by atoms with Crippen molar-refractivity contribution in [2.24, 2.45) is 0 Å². The summed E-state index contributed by atoms with van der Waals surface area (Å²) in [5, 5.41) is 17.4. The van der Waals surface area contributed by atoms with Crippen molar-refractivity contribution in [3.8, 4) is 5.75 Å². The molecule has 0 aliphatic carbocycles. The molecule has 2 aromatic rings. The van der Waals surface area contributed by atoms with Crippen LogP contribution in [-0.4, -0.2) is 54.8 Å². The smallest absolute Gasteiger partial charge is 0.360 e. The number of fused-ring (bicyclic) bond motifs is 1. The lowest BCUT2D eigenvalue weighted by atomic mass is 10.2. The number of ether oxygens (including phenoxy) is 3. The highest BCUT2D eigenvalue weighted by molar-refractivity contribution is 5.96. The lowest BCUT2D eigenvalue weighted by Crippen LogP contribution is -2.13. The summed E-state index contributed by atoms with van der Waals surface area (Å²) >= 11 is 0. The van der Waals surface area contributed by atoms with Crippen molar-refractivity contribution in [3.05, 3.63) is 30.0 Å². The number of benzene rings is 1. The maximum atomic E-state index is 11.2. The van der Waals surface area contributed by atoms with Crippen molar-refractivity contribution in [1.29, 1.82) is 0 Å². The molecule has 0 spiro atoms. The second-order valence-corrected chi connectivity index (χ2v) is 4.15. The maximum absolute atomic E-state index is 11.2. The zero-order chi connectivity index (χ0) is 15.1. The van der Waals surface area contributed by atoms with Crippen molar-refractivity contribution in [1.82, 2.24) is 10.2 Å². The summed E-state index contributed by atoms with van der Waals surface area (Å²) in [7, 11) is 1.59. The molecule has 7 heteroatoms. The zero-order valence-corrected chi connectivity index (χ0v) is 11.6. The molecule has 7 nitrogen and oxygen atoms in total. The van der Waals surface area contributed by atoms with Crippen LogP contribution in [0.25, 0.3) is 10.9 Å². The number of rotatable bonds is 8. The van der Waals surface area contributed by atoms with Gasteiger partial charge in [-0.3, -0.25) is 0 Å². The molecule has 0 amide bonds. The first-order valence-corrected chi connectivity index (χ1v) is 6.42. The molecular formula is C14H16N2O5. The minimum atomic E-state index is -1.18. The van der Waals surface area contributed by atoms with Gasteiger partial charge in [-0.25, -0.2) is 4.79 Å².